The van der Waals surface area contributed by atoms with E-state index in [2.05, 4.69) is 31.2 Å². The number of hydrogen-bond acceptors (Lipinski definition) is 2. The van der Waals surface area contributed by atoms with Gasteiger partial charge in [0.1, 0.15) is 5.58 Å². The van der Waals surface area contributed by atoms with Gasteiger partial charge in [0, 0.05) is 19.0 Å². The van der Waals surface area contributed by atoms with E-state index in [9.17, 15) is 4.79 Å². The molecule has 3 heteroatoms. The number of amides is 1. The van der Waals surface area contributed by atoms with E-state index in [0.717, 1.165) is 27.3 Å². The molecule has 0 aliphatic heterocycles. The van der Waals surface area contributed by atoms with Crippen molar-refractivity contribution in [1.29, 1.82) is 0 Å². The molecule has 1 aromatic heterocycles. The number of benzene rings is 3. The first-order valence-electron chi connectivity index (χ1n) is 8.34. The number of furan rings is 1. The second kappa shape index (κ2) is 6.10. The van der Waals surface area contributed by atoms with E-state index in [1.165, 1.54) is 5.56 Å². The van der Waals surface area contributed by atoms with Crippen molar-refractivity contribution in [2.45, 2.75) is 13.5 Å². The Morgan fingerprint density at radius 1 is 0.960 bits per heavy atom. The van der Waals surface area contributed by atoms with Gasteiger partial charge in [-0.15, -0.1) is 0 Å². The summed E-state index contributed by atoms with van der Waals surface area (Å²) in [6.07, 6.45) is 0. The Kier molecular flexibility index (Phi) is 3.77. The minimum Gasteiger partial charge on any atom is -0.451 e. The predicted molar refractivity (Wildman–Crippen MR) is 101 cm³/mol. The Morgan fingerprint density at radius 2 is 1.72 bits per heavy atom. The van der Waals surface area contributed by atoms with Gasteiger partial charge in [-0.3, -0.25) is 4.79 Å². The second-order valence-electron chi connectivity index (χ2n) is 6.46. The van der Waals surface area contributed by atoms with Gasteiger partial charge >= 0.3 is 0 Å². The summed E-state index contributed by atoms with van der Waals surface area (Å²) in [6, 6.07) is 22.1. The van der Waals surface area contributed by atoms with Gasteiger partial charge in [-0.2, -0.15) is 0 Å². The van der Waals surface area contributed by atoms with Crippen LogP contribution in [0.3, 0.4) is 0 Å². The first-order chi connectivity index (χ1) is 12.1. The van der Waals surface area contributed by atoms with Gasteiger partial charge < -0.3 is 9.32 Å². The van der Waals surface area contributed by atoms with E-state index in [4.69, 9.17) is 4.42 Å². The highest BCUT2D eigenvalue weighted by atomic mass is 16.3. The molecule has 25 heavy (non-hydrogen) atoms. The van der Waals surface area contributed by atoms with Crippen molar-refractivity contribution < 1.29 is 9.21 Å². The van der Waals surface area contributed by atoms with Crippen LogP contribution in [-0.4, -0.2) is 17.9 Å². The van der Waals surface area contributed by atoms with Crippen molar-refractivity contribution in [3.05, 3.63) is 83.6 Å². The number of rotatable bonds is 3. The highest BCUT2D eigenvalue weighted by Gasteiger charge is 2.18. The van der Waals surface area contributed by atoms with Crippen LogP contribution in [0.25, 0.3) is 21.7 Å². The predicted octanol–water partition coefficient (Wildman–Crippen LogP) is 5.17. The number of aryl methyl sites for hydroxylation is 1. The number of fused-ring (bicyclic) bond motifs is 3. The van der Waals surface area contributed by atoms with Crippen LogP contribution in [0.4, 0.5) is 0 Å². The van der Waals surface area contributed by atoms with E-state index < -0.39 is 0 Å². The number of carbonyl (C=O) groups excluding carboxylic acids is 1. The maximum Gasteiger partial charge on any atom is 0.289 e. The highest BCUT2D eigenvalue weighted by Crippen LogP contribution is 2.28. The first-order valence-corrected chi connectivity index (χ1v) is 8.34. The van der Waals surface area contributed by atoms with Gasteiger partial charge in [-0.05, 0) is 35.4 Å². The van der Waals surface area contributed by atoms with Crippen LogP contribution in [-0.2, 0) is 6.54 Å². The fourth-order valence-corrected chi connectivity index (χ4v) is 3.13. The molecular weight excluding hydrogens is 310 g/mol. The Morgan fingerprint density at radius 3 is 2.52 bits per heavy atom. The third-order valence-electron chi connectivity index (χ3n) is 4.52. The molecule has 0 aliphatic rings. The van der Waals surface area contributed by atoms with Gasteiger partial charge in [-0.25, -0.2) is 0 Å². The molecule has 0 spiro atoms. The number of carbonyl (C=O) groups is 1. The second-order valence-corrected chi connectivity index (χ2v) is 6.46. The lowest BCUT2D eigenvalue weighted by Crippen LogP contribution is -2.25. The zero-order valence-electron chi connectivity index (χ0n) is 14.3. The van der Waals surface area contributed by atoms with Gasteiger partial charge in [0.15, 0.2) is 5.76 Å². The molecule has 1 amide bonds. The van der Waals surface area contributed by atoms with Crippen LogP contribution in [0, 0.1) is 6.92 Å². The minimum atomic E-state index is -0.110. The maximum absolute atomic E-state index is 12.8. The van der Waals surface area contributed by atoms with Crippen LogP contribution in [0.2, 0.25) is 0 Å². The molecule has 4 aromatic rings. The summed E-state index contributed by atoms with van der Waals surface area (Å²) in [5.74, 6) is 0.266. The van der Waals surface area contributed by atoms with Gasteiger partial charge in [0.2, 0.25) is 0 Å². The normalized spacial score (nSPS) is 11.1. The molecule has 0 aliphatic carbocycles. The van der Waals surface area contributed by atoms with E-state index >= 15 is 0 Å². The molecule has 0 N–H and O–H groups in total. The van der Waals surface area contributed by atoms with Gasteiger partial charge in [0.25, 0.3) is 5.91 Å². The first kappa shape index (κ1) is 15.5. The molecule has 0 unspecified atom stereocenters. The highest BCUT2D eigenvalue weighted by molar-refractivity contribution is 6.08. The molecular formula is C22H19NO2. The van der Waals surface area contributed by atoms with Crippen LogP contribution >= 0.6 is 0 Å². The monoisotopic (exact) mass is 329 g/mol. The molecule has 0 saturated heterocycles. The van der Waals surface area contributed by atoms with Gasteiger partial charge in [0.05, 0.1) is 0 Å². The molecule has 0 bridgehead atoms. The Labute approximate surface area is 146 Å². The van der Waals surface area contributed by atoms with Crippen LogP contribution in [0.1, 0.15) is 21.7 Å². The summed E-state index contributed by atoms with van der Waals surface area (Å²) in [6.45, 7) is 2.61. The summed E-state index contributed by atoms with van der Waals surface area (Å²) in [5.41, 5.74) is 3.05. The standard InChI is InChI=1S/C22H19NO2/c1-15-7-9-16(10-8-15)14-23(2)22(24)21-13-19-18-6-4-3-5-17(18)11-12-20(19)25-21/h3-13H,14H2,1-2H3. The lowest BCUT2D eigenvalue weighted by molar-refractivity contribution is 0.0756. The lowest BCUT2D eigenvalue weighted by Gasteiger charge is -2.15. The van der Waals surface area contributed by atoms with Crippen LogP contribution in [0.15, 0.2) is 71.1 Å². The van der Waals surface area contributed by atoms with Crippen molar-refractivity contribution in [3.63, 3.8) is 0 Å². The topological polar surface area (TPSA) is 33.5 Å². The van der Waals surface area contributed by atoms with Gasteiger partial charge in [-0.1, -0.05) is 60.2 Å². The fraction of sp³-hybridized carbons (Fsp3) is 0.136. The van der Waals surface area contributed by atoms with Crippen molar-refractivity contribution in [2.75, 3.05) is 7.05 Å². The van der Waals surface area contributed by atoms with E-state index in [1.54, 1.807) is 11.9 Å². The van der Waals surface area contributed by atoms with E-state index in [1.807, 2.05) is 42.5 Å². The molecule has 3 nitrogen and oxygen atoms in total. The Balaban J connectivity index is 1.65. The largest absolute Gasteiger partial charge is 0.451 e. The SMILES string of the molecule is Cc1ccc(CN(C)C(=O)c2cc3c(ccc4ccccc43)o2)cc1. The molecule has 0 saturated carbocycles. The molecule has 0 atom stereocenters. The Hall–Kier alpha value is -3.07. The van der Waals surface area contributed by atoms with E-state index in [-0.39, 0.29) is 5.91 Å². The van der Waals surface area contributed by atoms with Crippen molar-refractivity contribution in [3.8, 4) is 0 Å². The van der Waals surface area contributed by atoms with E-state index in [0.29, 0.717) is 12.3 Å². The molecule has 3 aromatic carbocycles. The van der Waals surface area contributed by atoms with Crippen LogP contribution < -0.4 is 0 Å². The summed E-state index contributed by atoms with van der Waals surface area (Å²) in [5, 5.41) is 3.22. The Bertz CT molecular complexity index is 1060. The average Bonchev–Trinajstić information content (AvgIpc) is 3.07. The minimum absolute atomic E-state index is 0.110. The van der Waals surface area contributed by atoms with Crippen molar-refractivity contribution >= 4 is 27.6 Å². The molecule has 0 radical (unpaired) electrons. The zero-order valence-corrected chi connectivity index (χ0v) is 14.3. The quantitative estimate of drug-likeness (QED) is 0.520. The molecule has 1 heterocycles. The average molecular weight is 329 g/mol. The summed E-state index contributed by atoms with van der Waals surface area (Å²) < 4.78 is 5.82. The smallest absolute Gasteiger partial charge is 0.289 e. The molecule has 124 valence electrons. The zero-order chi connectivity index (χ0) is 17.4. The maximum atomic E-state index is 12.8. The van der Waals surface area contributed by atoms with Crippen molar-refractivity contribution in [1.82, 2.24) is 4.90 Å². The summed E-state index contributed by atoms with van der Waals surface area (Å²) in [4.78, 5) is 14.4. The molecule has 4 rings (SSSR count). The third kappa shape index (κ3) is 2.89. The van der Waals surface area contributed by atoms with Crippen molar-refractivity contribution in [2.24, 2.45) is 0 Å². The number of nitrogens with zero attached hydrogens (tertiary/aromatic N) is 1. The third-order valence-corrected chi connectivity index (χ3v) is 4.52. The molecule has 0 fully saturated rings. The fourth-order valence-electron chi connectivity index (χ4n) is 3.13. The summed E-state index contributed by atoms with van der Waals surface area (Å²) in [7, 11) is 1.80. The number of hydrogen-bond donors (Lipinski definition) is 0. The van der Waals surface area contributed by atoms with Crippen LogP contribution in [0.5, 0.6) is 0 Å². The lowest BCUT2D eigenvalue weighted by atomic mass is 10.1. The summed E-state index contributed by atoms with van der Waals surface area (Å²) >= 11 is 0.